The number of carbonyl (C=O) groups excluding carboxylic acids is 2. The van der Waals surface area contributed by atoms with Crippen LogP contribution in [0.3, 0.4) is 0 Å². The SMILES string of the molecule is CC1CC(=O)N(c2[c]cc(F)cc2)C1=O. The second-order valence-corrected chi connectivity index (χ2v) is 3.56. The summed E-state index contributed by atoms with van der Waals surface area (Å²) in [6.07, 6.45) is 0.212. The summed E-state index contributed by atoms with van der Waals surface area (Å²) in [5, 5.41) is 0. The van der Waals surface area contributed by atoms with Gasteiger partial charge in [-0.15, -0.1) is 0 Å². The third-order valence-electron chi connectivity index (χ3n) is 2.37. The van der Waals surface area contributed by atoms with Crippen molar-refractivity contribution in [3.63, 3.8) is 0 Å². The van der Waals surface area contributed by atoms with Gasteiger partial charge in [0.2, 0.25) is 11.8 Å². The van der Waals surface area contributed by atoms with E-state index in [2.05, 4.69) is 6.07 Å². The van der Waals surface area contributed by atoms with E-state index in [-0.39, 0.29) is 24.2 Å². The molecule has 0 aromatic heterocycles. The van der Waals surface area contributed by atoms with Gasteiger partial charge in [-0.05, 0) is 18.2 Å². The molecule has 15 heavy (non-hydrogen) atoms. The zero-order valence-corrected chi connectivity index (χ0v) is 8.16. The molecule has 0 aliphatic carbocycles. The Hall–Kier alpha value is -1.71. The fourth-order valence-corrected chi connectivity index (χ4v) is 1.57. The van der Waals surface area contributed by atoms with Gasteiger partial charge in [-0.1, -0.05) is 6.92 Å². The number of hydrogen-bond acceptors (Lipinski definition) is 2. The number of imide groups is 1. The molecule has 1 unspecified atom stereocenters. The highest BCUT2D eigenvalue weighted by Gasteiger charge is 2.36. The van der Waals surface area contributed by atoms with Crippen molar-refractivity contribution in [2.75, 3.05) is 4.90 Å². The molecule has 0 N–H and O–H groups in total. The van der Waals surface area contributed by atoms with Gasteiger partial charge in [0, 0.05) is 18.4 Å². The Bertz CT molecular complexity index is 413. The quantitative estimate of drug-likeness (QED) is 0.653. The Kier molecular flexibility index (Phi) is 2.26. The molecule has 3 nitrogen and oxygen atoms in total. The summed E-state index contributed by atoms with van der Waals surface area (Å²) < 4.78 is 12.6. The Labute approximate surface area is 86.5 Å². The summed E-state index contributed by atoms with van der Waals surface area (Å²) in [5.41, 5.74) is 0.316. The molecule has 4 heteroatoms. The first-order chi connectivity index (χ1) is 7.09. The highest BCUT2D eigenvalue weighted by Crippen LogP contribution is 2.25. The van der Waals surface area contributed by atoms with Crippen LogP contribution in [0.5, 0.6) is 0 Å². The van der Waals surface area contributed by atoms with Gasteiger partial charge in [-0.2, -0.15) is 0 Å². The van der Waals surface area contributed by atoms with Crippen LogP contribution in [0.15, 0.2) is 18.2 Å². The molecule has 0 spiro atoms. The molecule has 77 valence electrons. The number of amides is 2. The van der Waals surface area contributed by atoms with E-state index < -0.39 is 5.82 Å². The van der Waals surface area contributed by atoms with Crippen molar-refractivity contribution in [3.8, 4) is 0 Å². The summed E-state index contributed by atoms with van der Waals surface area (Å²) in [6, 6.07) is 6.26. The molecule has 1 aromatic rings. The van der Waals surface area contributed by atoms with Crippen molar-refractivity contribution >= 4 is 17.5 Å². The topological polar surface area (TPSA) is 37.4 Å². The molecule has 1 fully saturated rings. The van der Waals surface area contributed by atoms with E-state index in [1.807, 2.05) is 0 Å². The Morgan fingerprint density at radius 1 is 1.47 bits per heavy atom. The van der Waals surface area contributed by atoms with E-state index in [4.69, 9.17) is 0 Å². The van der Waals surface area contributed by atoms with Crippen LogP contribution in [0.2, 0.25) is 0 Å². The minimum atomic E-state index is -0.439. The van der Waals surface area contributed by atoms with Crippen LogP contribution < -0.4 is 4.90 Å². The van der Waals surface area contributed by atoms with Gasteiger partial charge < -0.3 is 0 Å². The van der Waals surface area contributed by atoms with Crippen molar-refractivity contribution in [2.24, 2.45) is 5.92 Å². The first-order valence-electron chi connectivity index (χ1n) is 4.63. The highest BCUT2D eigenvalue weighted by atomic mass is 19.1. The molecule has 0 bridgehead atoms. The lowest BCUT2D eigenvalue weighted by Crippen LogP contribution is -2.29. The molecule has 2 amide bonds. The van der Waals surface area contributed by atoms with Crippen LogP contribution in [-0.4, -0.2) is 11.8 Å². The summed E-state index contributed by atoms with van der Waals surface area (Å²) in [4.78, 5) is 24.1. The van der Waals surface area contributed by atoms with Crippen molar-refractivity contribution < 1.29 is 14.0 Å². The number of nitrogens with zero attached hydrogens (tertiary/aromatic N) is 1. The molecule has 1 atom stereocenters. The Balaban J connectivity index is 2.35. The lowest BCUT2D eigenvalue weighted by atomic mass is 10.1. The molecule has 0 saturated carbocycles. The second kappa shape index (κ2) is 3.46. The average Bonchev–Trinajstić information content (AvgIpc) is 2.44. The summed E-state index contributed by atoms with van der Waals surface area (Å²) in [7, 11) is 0. The van der Waals surface area contributed by atoms with Gasteiger partial charge >= 0.3 is 0 Å². The minimum Gasteiger partial charge on any atom is -0.274 e. The van der Waals surface area contributed by atoms with Crippen LogP contribution >= 0.6 is 0 Å². The van der Waals surface area contributed by atoms with E-state index >= 15 is 0 Å². The van der Waals surface area contributed by atoms with Crippen LogP contribution in [0.1, 0.15) is 13.3 Å². The number of carbonyl (C=O) groups is 2. The molecular weight excluding hydrogens is 197 g/mol. The van der Waals surface area contributed by atoms with Crippen LogP contribution in [0.4, 0.5) is 10.1 Å². The average molecular weight is 206 g/mol. The van der Waals surface area contributed by atoms with Crippen molar-refractivity contribution in [3.05, 3.63) is 30.1 Å². The zero-order chi connectivity index (χ0) is 11.0. The lowest BCUT2D eigenvalue weighted by Gasteiger charge is -2.13. The molecule has 1 heterocycles. The number of rotatable bonds is 1. The normalized spacial score (nSPS) is 21.2. The minimum absolute atomic E-state index is 0.212. The number of anilines is 1. The van der Waals surface area contributed by atoms with Gasteiger partial charge in [0.05, 0.1) is 5.69 Å². The number of hydrogen-bond donors (Lipinski definition) is 0. The van der Waals surface area contributed by atoms with Crippen molar-refractivity contribution in [2.45, 2.75) is 13.3 Å². The molecular formula is C11H9FNO2. The first kappa shape index (κ1) is 9.83. The van der Waals surface area contributed by atoms with E-state index in [1.165, 1.54) is 12.1 Å². The second-order valence-electron chi connectivity index (χ2n) is 3.56. The molecule has 1 aliphatic heterocycles. The maximum Gasteiger partial charge on any atom is 0.237 e. The maximum atomic E-state index is 12.6. The number of benzene rings is 1. The van der Waals surface area contributed by atoms with Gasteiger partial charge in [0.25, 0.3) is 0 Å². The molecule has 2 rings (SSSR count). The van der Waals surface area contributed by atoms with Gasteiger partial charge in [0.15, 0.2) is 0 Å². The monoisotopic (exact) mass is 206 g/mol. The van der Waals surface area contributed by atoms with Crippen LogP contribution in [-0.2, 0) is 9.59 Å². The third kappa shape index (κ3) is 1.63. The summed E-state index contributed by atoms with van der Waals surface area (Å²) >= 11 is 0. The predicted molar refractivity (Wildman–Crippen MR) is 51.5 cm³/mol. The first-order valence-corrected chi connectivity index (χ1v) is 4.63. The van der Waals surface area contributed by atoms with Gasteiger partial charge in [0.1, 0.15) is 5.82 Å². The smallest absolute Gasteiger partial charge is 0.237 e. The maximum absolute atomic E-state index is 12.6. The molecule has 1 saturated heterocycles. The lowest BCUT2D eigenvalue weighted by molar-refractivity contribution is -0.122. The van der Waals surface area contributed by atoms with Gasteiger partial charge in [-0.25, -0.2) is 9.29 Å². The van der Waals surface area contributed by atoms with E-state index in [0.29, 0.717) is 5.69 Å². The summed E-state index contributed by atoms with van der Waals surface area (Å²) in [5.74, 6) is -1.24. The fraction of sp³-hybridized carbons (Fsp3) is 0.273. The van der Waals surface area contributed by atoms with E-state index in [1.54, 1.807) is 6.92 Å². The van der Waals surface area contributed by atoms with E-state index in [9.17, 15) is 14.0 Å². The van der Waals surface area contributed by atoms with Crippen molar-refractivity contribution in [1.29, 1.82) is 0 Å². The fourth-order valence-electron chi connectivity index (χ4n) is 1.57. The largest absolute Gasteiger partial charge is 0.274 e. The number of halogens is 1. The summed E-state index contributed by atoms with van der Waals surface area (Å²) in [6.45, 7) is 1.70. The standard InChI is InChI=1S/C11H9FNO2/c1-7-6-10(14)13(11(7)15)9-4-2-8(12)3-5-9/h2-4,7H,6H2,1H3. The van der Waals surface area contributed by atoms with Gasteiger partial charge in [-0.3, -0.25) is 9.59 Å². The molecule has 1 radical (unpaired) electrons. The molecule has 1 aliphatic rings. The predicted octanol–water partition coefficient (Wildman–Crippen LogP) is 1.53. The molecule has 1 aromatic carbocycles. The zero-order valence-electron chi connectivity index (χ0n) is 8.16. The highest BCUT2D eigenvalue weighted by molar-refractivity contribution is 6.20. The Morgan fingerprint density at radius 3 is 2.67 bits per heavy atom. The Morgan fingerprint density at radius 2 is 2.20 bits per heavy atom. The van der Waals surface area contributed by atoms with Crippen molar-refractivity contribution in [1.82, 2.24) is 0 Å². The van der Waals surface area contributed by atoms with E-state index in [0.717, 1.165) is 11.0 Å². The third-order valence-corrected chi connectivity index (χ3v) is 2.37. The van der Waals surface area contributed by atoms with Crippen LogP contribution in [0, 0.1) is 17.8 Å². The van der Waals surface area contributed by atoms with Crippen LogP contribution in [0.25, 0.3) is 0 Å².